The second-order valence-electron chi connectivity index (χ2n) is 5.01. The molecule has 3 aromatic rings. The summed E-state index contributed by atoms with van der Waals surface area (Å²) >= 11 is 0. The number of pyridine rings is 1. The van der Waals surface area contributed by atoms with Crippen LogP contribution in [0.4, 0.5) is 10.1 Å². The van der Waals surface area contributed by atoms with Gasteiger partial charge >= 0.3 is 5.69 Å². The van der Waals surface area contributed by atoms with E-state index in [1.165, 1.54) is 26.5 Å². The number of rotatable bonds is 5. The van der Waals surface area contributed by atoms with E-state index in [1.54, 1.807) is 18.2 Å². The predicted molar refractivity (Wildman–Crippen MR) is 88.0 cm³/mol. The zero-order valence-corrected chi connectivity index (χ0v) is 13.4. The number of nitro benzene ring substituents is 1. The molecule has 0 aliphatic carbocycles. The van der Waals surface area contributed by atoms with Crippen LogP contribution in [-0.4, -0.2) is 24.1 Å². The summed E-state index contributed by atoms with van der Waals surface area (Å²) in [6, 6.07) is 8.33. The fourth-order valence-electron chi connectivity index (χ4n) is 2.36. The maximum absolute atomic E-state index is 13.8. The first kappa shape index (κ1) is 16.4. The van der Waals surface area contributed by atoms with E-state index in [0.29, 0.717) is 28.2 Å². The molecule has 25 heavy (non-hydrogen) atoms. The smallest absolute Gasteiger partial charge is 0.305 e. The lowest BCUT2D eigenvalue weighted by molar-refractivity contribution is -0.387. The number of ether oxygens (including phenoxy) is 3. The largest absolute Gasteiger partial charge is 0.493 e. The van der Waals surface area contributed by atoms with Gasteiger partial charge in [0.15, 0.2) is 11.5 Å². The van der Waals surface area contributed by atoms with Gasteiger partial charge in [-0.1, -0.05) is 0 Å². The molecule has 0 radical (unpaired) electrons. The van der Waals surface area contributed by atoms with Crippen LogP contribution in [0, 0.1) is 15.9 Å². The molecule has 8 heteroatoms. The van der Waals surface area contributed by atoms with Crippen LogP contribution in [0.1, 0.15) is 0 Å². The number of benzene rings is 2. The van der Waals surface area contributed by atoms with E-state index in [9.17, 15) is 14.5 Å². The quantitative estimate of drug-likeness (QED) is 0.512. The van der Waals surface area contributed by atoms with Crippen molar-refractivity contribution >= 4 is 16.6 Å². The van der Waals surface area contributed by atoms with E-state index >= 15 is 0 Å². The van der Waals surface area contributed by atoms with Crippen LogP contribution >= 0.6 is 0 Å². The molecule has 0 atom stereocenters. The monoisotopic (exact) mass is 344 g/mol. The summed E-state index contributed by atoms with van der Waals surface area (Å²) in [5.41, 5.74) is -0.0177. The van der Waals surface area contributed by atoms with E-state index in [2.05, 4.69) is 4.98 Å². The molecule has 7 nitrogen and oxygen atoms in total. The molecule has 1 heterocycles. The molecule has 0 saturated carbocycles. The summed E-state index contributed by atoms with van der Waals surface area (Å²) < 4.78 is 29.9. The number of hydrogen-bond acceptors (Lipinski definition) is 6. The summed E-state index contributed by atoms with van der Waals surface area (Å²) in [7, 11) is 3.02. The third kappa shape index (κ3) is 3.14. The van der Waals surface area contributed by atoms with Crippen LogP contribution in [0.5, 0.6) is 23.0 Å². The van der Waals surface area contributed by atoms with Crippen molar-refractivity contribution in [3.63, 3.8) is 0 Å². The van der Waals surface area contributed by atoms with Crippen molar-refractivity contribution in [3.8, 4) is 23.0 Å². The van der Waals surface area contributed by atoms with Gasteiger partial charge in [0.1, 0.15) is 11.5 Å². The Morgan fingerprint density at radius 2 is 1.76 bits per heavy atom. The van der Waals surface area contributed by atoms with Crippen LogP contribution in [0.15, 0.2) is 42.6 Å². The maximum atomic E-state index is 13.8. The molecule has 0 N–H and O–H groups in total. The van der Waals surface area contributed by atoms with E-state index < -0.39 is 16.4 Å². The summed E-state index contributed by atoms with van der Waals surface area (Å²) in [6.45, 7) is 0. The number of aromatic nitrogens is 1. The second kappa shape index (κ2) is 6.60. The van der Waals surface area contributed by atoms with Crippen molar-refractivity contribution in [1.29, 1.82) is 0 Å². The Morgan fingerprint density at radius 1 is 1.04 bits per heavy atom. The molecular formula is C17H13FN2O5. The molecule has 0 unspecified atom stereocenters. The van der Waals surface area contributed by atoms with Gasteiger partial charge < -0.3 is 14.2 Å². The molecule has 1 aromatic heterocycles. The summed E-state index contributed by atoms with van der Waals surface area (Å²) in [5.74, 6) is 0.563. The third-order valence-corrected chi connectivity index (χ3v) is 3.55. The molecule has 0 aliphatic heterocycles. The fourth-order valence-corrected chi connectivity index (χ4v) is 2.36. The minimum atomic E-state index is -0.972. The Kier molecular flexibility index (Phi) is 4.34. The molecular weight excluding hydrogens is 331 g/mol. The van der Waals surface area contributed by atoms with Gasteiger partial charge in [-0.3, -0.25) is 15.1 Å². The molecule has 0 fully saturated rings. The Balaban J connectivity index is 2.04. The van der Waals surface area contributed by atoms with Crippen LogP contribution in [0.25, 0.3) is 10.9 Å². The molecule has 0 amide bonds. The number of halogens is 1. The van der Waals surface area contributed by atoms with Gasteiger partial charge in [0.2, 0.25) is 5.82 Å². The summed E-state index contributed by atoms with van der Waals surface area (Å²) in [5, 5.41) is 11.3. The third-order valence-electron chi connectivity index (χ3n) is 3.55. The molecule has 3 rings (SSSR count). The number of methoxy groups -OCH3 is 2. The molecule has 0 spiro atoms. The average molecular weight is 344 g/mol. The molecule has 0 saturated heterocycles. The lowest BCUT2D eigenvalue weighted by Crippen LogP contribution is -1.95. The van der Waals surface area contributed by atoms with Gasteiger partial charge in [-0.25, -0.2) is 0 Å². The number of nitrogens with zero attached hydrogens (tertiary/aromatic N) is 2. The van der Waals surface area contributed by atoms with Gasteiger partial charge in [-0.15, -0.1) is 0 Å². The van der Waals surface area contributed by atoms with Crippen molar-refractivity contribution in [1.82, 2.24) is 4.98 Å². The number of hydrogen-bond donors (Lipinski definition) is 0. The Hall–Kier alpha value is -3.42. The van der Waals surface area contributed by atoms with Crippen LogP contribution in [0.2, 0.25) is 0 Å². The highest BCUT2D eigenvalue weighted by atomic mass is 19.1. The SMILES string of the molecule is COc1cc2nccc(Oc3ccc([N+](=O)[O-])c(F)c3)c2cc1OC. The zero-order chi connectivity index (χ0) is 18.0. The maximum Gasteiger partial charge on any atom is 0.305 e. The Bertz CT molecular complexity index is 961. The van der Waals surface area contributed by atoms with E-state index in [-0.39, 0.29) is 5.75 Å². The molecule has 0 bridgehead atoms. The van der Waals surface area contributed by atoms with Gasteiger partial charge in [-0.2, -0.15) is 4.39 Å². The second-order valence-corrected chi connectivity index (χ2v) is 5.01. The van der Waals surface area contributed by atoms with Gasteiger partial charge in [0.25, 0.3) is 0 Å². The number of fused-ring (bicyclic) bond motifs is 1. The molecule has 128 valence electrons. The average Bonchev–Trinajstić information content (AvgIpc) is 2.60. The van der Waals surface area contributed by atoms with Crippen LogP contribution in [-0.2, 0) is 0 Å². The van der Waals surface area contributed by atoms with Gasteiger partial charge in [-0.05, 0) is 18.2 Å². The van der Waals surface area contributed by atoms with E-state index in [4.69, 9.17) is 14.2 Å². The van der Waals surface area contributed by atoms with Crippen molar-refractivity contribution in [2.24, 2.45) is 0 Å². The highest BCUT2D eigenvalue weighted by molar-refractivity contribution is 5.88. The first-order valence-electron chi connectivity index (χ1n) is 7.16. The van der Waals surface area contributed by atoms with Crippen molar-refractivity contribution in [2.75, 3.05) is 14.2 Å². The van der Waals surface area contributed by atoms with Crippen molar-refractivity contribution in [2.45, 2.75) is 0 Å². The van der Waals surface area contributed by atoms with Crippen molar-refractivity contribution in [3.05, 3.63) is 58.5 Å². The molecule has 0 aliphatic rings. The lowest BCUT2D eigenvalue weighted by Gasteiger charge is -2.12. The van der Waals surface area contributed by atoms with Crippen LogP contribution < -0.4 is 14.2 Å². The summed E-state index contributed by atoms with van der Waals surface area (Å²) in [6.07, 6.45) is 1.53. The van der Waals surface area contributed by atoms with Gasteiger partial charge in [0.05, 0.1) is 24.7 Å². The van der Waals surface area contributed by atoms with Crippen LogP contribution in [0.3, 0.4) is 0 Å². The minimum absolute atomic E-state index is 0.130. The zero-order valence-electron chi connectivity index (χ0n) is 13.4. The predicted octanol–water partition coefficient (Wildman–Crippen LogP) is 4.09. The Morgan fingerprint density at radius 3 is 2.40 bits per heavy atom. The lowest BCUT2D eigenvalue weighted by atomic mass is 10.2. The first-order valence-corrected chi connectivity index (χ1v) is 7.16. The summed E-state index contributed by atoms with van der Waals surface area (Å²) in [4.78, 5) is 14.1. The normalized spacial score (nSPS) is 10.5. The minimum Gasteiger partial charge on any atom is -0.493 e. The fraction of sp³-hybridized carbons (Fsp3) is 0.118. The number of nitro groups is 1. The highest BCUT2D eigenvalue weighted by Crippen LogP contribution is 2.37. The molecule has 2 aromatic carbocycles. The first-order chi connectivity index (χ1) is 12.0. The standard InChI is InChI=1S/C17H13FN2O5/c1-23-16-8-11-13(9-17(16)24-2)19-6-5-15(11)25-10-3-4-14(20(21)22)12(18)7-10/h3-9H,1-2H3. The van der Waals surface area contributed by atoms with Gasteiger partial charge in [0, 0.05) is 29.8 Å². The Labute approximate surface area is 141 Å². The van der Waals surface area contributed by atoms with Crippen molar-refractivity contribution < 1.29 is 23.5 Å². The topological polar surface area (TPSA) is 83.7 Å². The highest BCUT2D eigenvalue weighted by Gasteiger charge is 2.16. The van der Waals surface area contributed by atoms with E-state index in [1.807, 2.05) is 0 Å². The van der Waals surface area contributed by atoms with E-state index in [0.717, 1.165) is 12.1 Å².